The third kappa shape index (κ3) is 5.22. The highest BCUT2D eigenvalue weighted by Gasteiger charge is 2.42. The Morgan fingerprint density at radius 1 is 1.00 bits per heavy atom. The summed E-state index contributed by atoms with van der Waals surface area (Å²) in [5, 5.41) is 4.00. The molecular formula is C29H31N5O3S2. The fourth-order valence-corrected chi connectivity index (χ4v) is 6.23. The highest BCUT2D eigenvalue weighted by atomic mass is 32.2. The minimum atomic E-state index is -3.54. The zero-order valence-electron chi connectivity index (χ0n) is 22.5. The van der Waals surface area contributed by atoms with Crippen LogP contribution >= 0.6 is 12.2 Å². The van der Waals surface area contributed by atoms with E-state index in [0.717, 1.165) is 40.3 Å². The number of rotatable bonds is 7. The van der Waals surface area contributed by atoms with Gasteiger partial charge in [0.05, 0.1) is 36.8 Å². The quantitative estimate of drug-likeness (QED) is 0.294. The van der Waals surface area contributed by atoms with Gasteiger partial charge in [0, 0.05) is 29.0 Å². The third-order valence-electron chi connectivity index (χ3n) is 6.90. The van der Waals surface area contributed by atoms with E-state index >= 15 is 0 Å². The number of hydrogen-bond donors (Lipinski definition) is 2. The second-order valence-corrected chi connectivity index (χ2v) is 11.9. The van der Waals surface area contributed by atoms with Crippen LogP contribution in [0.3, 0.4) is 0 Å². The van der Waals surface area contributed by atoms with Crippen LogP contribution in [0.1, 0.15) is 40.3 Å². The SMILES string of the molecule is COc1ccc(N2C(=S)N[C@H](c3ccccn3)[C@@H]2c2cc(C)n(-c3cccc(C)c3)c2C)cc1NS(C)(=O)=O. The van der Waals surface area contributed by atoms with Crippen LogP contribution in [0.25, 0.3) is 5.69 Å². The second-order valence-electron chi connectivity index (χ2n) is 9.76. The van der Waals surface area contributed by atoms with Crippen molar-refractivity contribution in [2.45, 2.75) is 32.9 Å². The Bertz CT molecular complexity index is 1650. The molecule has 2 N–H and O–H groups in total. The molecule has 2 aromatic heterocycles. The lowest BCUT2D eigenvalue weighted by Crippen LogP contribution is -2.29. The average molecular weight is 562 g/mol. The summed E-state index contributed by atoms with van der Waals surface area (Å²) in [6.07, 6.45) is 2.89. The zero-order valence-corrected chi connectivity index (χ0v) is 24.1. The van der Waals surface area contributed by atoms with Crippen LogP contribution < -0.4 is 19.7 Å². The van der Waals surface area contributed by atoms with E-state index in [4.69, 9.17) is 17.0 Å². The maximum absolute atomic E-state index is 12.1. The van der Waals surface area contributed by atoms with Crippen molar-refractivity contribution in [3.05, 3.63) is 101 Å². The standard InChI is InChI=1S/C29H31N5O3S2/c1-18-9-8-10-21(15-18)33-19(2)16-23(20(33)3)28-27(24-11-6-7-14-30-24)31-29(38)34(28)22-12-13-26(37-4)25(17-22)32-39(5,35)36/h6-17,27-28,32H,1-5H3,(H,31,38)/t27-,28+/m1/s1. The molecule has 2 aromatic carbocycles. The molecule has 1 fully saturated rings. The molecule has 2 atom stereocenters. The van der Waals surface area contributed by atoms with Gasteiger partial charge in [-0.1, -0.05) is 18.2 Å². The van der Waals surface area contributed by atoms with Gasteiger partial charge in [-0.3, -0.25) is 9.71 Å². The van der Waals surface area contributed by atoms with Crippen LogP contribution in [0.5, 0.6) is 5.75 Å². The van der Waals surface area contributed by atoms with Crippen LogP contribution in [0.4, 0.5) is 11.4 Å². The Labute approximate surface area is 234 Å². The van der Waals surface area contributed by atoms with Gasteiger partial charge in [-0.25, -0.2) is 8.42 Å². The van der Waals surface area contributed by atoms with Gasteiger partial charge in [0.15, 0.2) is 5.11 Å². The third-order valence-corrected chi connectivity index (χ3v) is 7.81. The summed E-state index contributed by atoms with van der Waals surface area (Å²) in [7, 11) is -2.03. The predicted molar refractivity (Wildman–Crippen MR) is 159 cm³/mol. The van der Waals surface area contributed by atoms with E-state index in [1.807, 2.05) is 29.2 Å². The summed E-state index contributed by atoms with van der Waals surface area (Å²) in [4.78, 5) is 6.69. The van der Waals surface area contributed by atoms with Gasteiger partial charge in [-0.2, -0.15) is 0 Å². The Hall–Kier alpha value is -3.89. The first-order valence-electron chi connectivity index (χ1n) is 12.5. The summed E-state index contributed by atoms with van der Waals surface area (Å²) < 4.78 is 34.5. The number of sulfonamides is 1. The molecular weight excluding hydrogens is 530 g/mol. The normalized spacial score (nSPS) is 17.3. The Morgan fingerprint density at radius 3 is 2.46 bits per heavy atom. The van der Waals surface area contributed by atoms with Crippen molar-refractivity contribution in [1.29, 1.82) is 0 Å². The van der Waals surface area contributed by atoms with Crippen molar-refractivity contribution in [2.24, 2.45) is 0 Å². The largest absolute Gasteiger partial charge is 0.495 e. The lowest BCUT2D eigenvalue weighted by molar-refractivity contribution is 0.417. The van der Waals surface area contributed by atoms with E-state index in [1.54, 1.807) is 18.3 Å². The van der Waals surface area contributed by atoms with E-state index in [1.165, 1.54) is 12.7 Å². The number of methoxy groups -OCH3 is 1. The van der Waals surface area contributed by atoms with E-state index in [2.05, 4.69) is 70.7 Å². The molecule has 0 radical (unpaired) electrons. The maximum Gasteiger partial charge on any atom is 0.229 e. The second kappa shape index (κ2) is 10.3. The molecule has 0 aliphatic carbocycles. The smallest absolute Gasteiger partial charge is 0.229 e. The zero-order chi connectivity index (χ0) is 27.9. The molecule has 4 aromatic rings. The van der Waals surface area contributed by atoms with Gasteiger partial charge in [0.1, 0.15) is 5.75 Å². The molecule has 0 amide bonds. The minimum Gasteiger partial charge on any atom is -0.495 e. The molecule has 39 heavy (non-hydrogen) atoms. The van der Waals surface area contributed by atoms with Crippen LogP contribution in [-0.2, 0) is 10.0 Å². The molecule has 1 saturated heterocycles. The average Bonchev–Trinajstić information content (AvgIpc) is 3.38. The van der Waals surface area contributed by atoms with Gasteiger partial charge in [0.2, 0.25) is 10.0 Å². The van der Waals surface area contributed by atoms with Gasteiger partial charge in [-0.05, 0) is 92.6 Å². The lowest BCUT2D eigenvalue weighted by atomic mass is 9.96. The number of aromatic nitrogens is 2. The molecule has 3 heterocycles. The number of nitrogens with one attached hydrogen (secondary N) is 2. The summed E-state index contributed by atoms with van der Waals surface area (Å²) >= 11 is 5.89. The first-order valence-corrected chi connectivity index (χ1v) is 14.8. The van der Waals surface area contributed by atoms with E-state index in [9.17, 15) is 8.42 Å². The number of ether oxygens (including phenoxy) is 1. The molecule has 5 rings (SSSR count). The molecule has 0 saturated carbocycles. The molecule has 202 valence electrons. The van der Waals surface area contributed by atoms with Crippen molar-refractivity contribution < 1.29 is 13.2 Å². The van der Waals surface area contributed by atoms with Gasteiger partial charge < -0.3 is 19.5 Å². The van der Waals surface area contributed by atoms with Gasteiger partial charge in [-0.15, -0.1) is 0 Å². The number of anilines is 2. The van der Waals surface area contributed by atoms with Gasteiger partial charge >= 0.3 is 0 Å². The molecule has 1 aliphatic rings. The Balaban J connectivity index is 1.69. The van der Waals surface area contributed by atoms with Crippen molar-refractivity contribution >= 4 is 38.7 Å². The van der Waals surface area contributed by atoms with E-state index in [0.29, 0.717) is 16.5 Å². The van der Waals surface area contributed by atoms with Crippen molar-refractivity contribution in [3.8, 4) is 11.4 Å². The van der Waals surface area contributed by atoms with Crippen LogP contribution in [-0.4, -0.2) is 36.4 Å². The Morgan fingerprint density at radius 2 is 1.79 bits per heavy atom. The van der Waals surface area contributed by atoms with Crippen LogP contribution in [0.2, 0.25) is 0 Å². The highest BCUT2D eigenvalue weighted by molar-refractivity contribution is 7.92. The molecule has 10 heteroatoms. The van der Waals surface area contributed by atoms with Crippen LogP contribution in [0.15, 0.2) is 72.9 Å². The van der Waals surface area contributed by atoms with Crippen molar-refractivity contribution in [1.82, 2.24) is 14.9 Å². The number of benzene rings is 2. The lowest BCUT2D eigenvalue weighted by Gasteiger charge is -2.29. The number of pyridine rings is 1. The fourth-order valence-electron chi connectivity index (χ4n) is 5.33. The fraction of sp³-hybridized carbons (Fsp3) is 0.241. The maximum atomic E-state index is 12.1. The first kappa shape index (κ1) is 26.7. The van der Waals surface area contributed by atoms with Crippen molar-refractivity contribution in [3.63, 3.8) is 0 Å². The van der Waals surface area contributed by atoms with E-state index in [-0.39, 0.29) is 12.1 Å². The topological polar surface area (TPSA) is 88.5 Å². The molecule has 1 aliphatic heterocycles. The summed E-state index contributed by atoms with van der Waals surface area (Å²) in [5.41, 5.74) is 7.47. The number of thiocarbonyl (C=S) groups is 1. The van der Waals surface area contributed by atoms with E-state index < -0.39 is 10.0 Å². The number of nitrogens with zero attached hydrogens (tertiary/aromatic N) is 3. The highest BCUT2D eigenvalue weighted by Crippen LogP contribution is 2.45. The van der Waals surface area contributed by atoms with Crippen molar-refractivity contribution in [2.75, 3.05) is 23.0 Å². The summed E-state index contributed by atoms with van der Waals surface area (Å²) in [5.74, 6) is 0.415. The Kier molecular flexibility index (Phi) is 7.09. The van der Waals surface area contributed by atoms with Gasteiger partial charge in [0.25, 0.3) is 0 Å². The predicted octanol–water partition coefficient (Wildman–Crippen LogP) is 5.35. The molecule has 0 spiro atoms. The molecule has 0 bridgehead atoms. The summed E-state index contributed by atoms with van der Waals surface area (Å²) in [6.45, 7) is 6.30. The molecule has 8 nitrogen and oxygen atoms in total. The molecule has 0 unspecified atom stereocenters. The first-order chi connectivity index (χ1) is 18.6. The number of hydrogen-bond acceptors (Lipinski definition) is 5. The minimum absolute atomic E-state index is 0.237. The summed E-state index contributed by atoms with van der Waals surface area (Å²) in [6, 6.07) is 21.3. The monoisotopic (exact) mass is 561 g/mol. The number of aryl methyl sites for hydroxylation is 2. The van der Waals surface area contributed by atoms with Crippen LogP contribution in [0, 0.1) is 20.8 Å².